The number of anilines is 1. The molecule has 1 aliphatic heterocycles. The van der Waals surface area contributed by atoms with Gasteiger partial charge in [0.05, 0.1) is 10.0 Å². The Morgan fingerprint density at radius 1 is 1.39 bits per heavy atom. The van der Waals surface area contributed by atoms with Crippen LogP contribution >= 0.6 is 15.9 Å². The predicted molar refractivity (Wildman–Crippen MR) is 77.5 cm³/mol. The Balaban J connectivity index is 2.18. The number of halogens is 1. The Bertz CT molecular complexity index is 447. The number of likely N-dealkylation sites (tertiary alicyclic amines) is 1. The maximum atomic E-state index is 12.5. The summed E-state index contributed by atoms with van der Waals surface area (Å²) in [5, 5.41) is 0. The fraction of sp³-hybridized carbons (Fsp3) is 0.500. The lowest BCUT2D eigenvalue weighted by Gasteiger charge is -2.21. The van der Waals surface area contributed by atoms with E-state index < -0.39 is 0 Å². The normalized spacial score (nSPS) is 20.6. The number of amides is 1. The summed E-state index contributed by atoms with van der Waals surface area (Å²) in [5.74, 6) is 0.801. The number of hydrogen-bond donors (Lipinski definition) is 1. The molecule has 3 nitrogen and oxygen atoms in total. The van der Waals surface area contributed by atoms with Crippen LogP contribution in [-0.4, -0.2) is 23.9 Å². The quantitative estimate of drug-likeness (QED) is 0.809. The topological polar surface area (TPSA) is 46.3 Å². The molecule has 0 radical (unpaired) electrons. The van der Waals surface area contributed by atoms with Gasteiger partial charge < -0.3 is 10.6 Å². The van der Waals surface area contributed by atoms with Crippen LogP contribution in [0.2, 0.25) is 0 Å². The molecule has 2 rings (SSSR count). The molecule has 98 valence electrons. The molecule has 1 aliphatic rings. The van der Waals surface area contributed by atoms with Gasteiger partial charge >= 0.3 is 0 Å². The van der Waals surface area contributed by atoms with E-state index in [4.69, 9.17) is 5.73 Å². The van der Waals surface area contributed by atoms with Gasteiger partial charge in [-0.3, -0.25) is 4.79 Å². The Kier molecular flexibility index (Phi) is 4.27. The highest BCUT2D eigenvalue weighted by molar-refractivity contribution is 9.10. The van der Waals surface area contributed by atoms with E-state index in [1.807, 2.05) is 17.0 Å². The average Bonchev–Trinajstić information content (AvgIpc) is 2.57. The van der Waals surface area contributed by atoms with Crippen LogP contribution in [-0.2, 0) is 0 Å². The van der Waals surface area contributed by atoms with Crippen LogP contribution in [0.25, 0.3) is 0 Å². The first-order valence-corrected chi connectivity index (χ1v) is 7.22. The van der Waals surface area contributed by atoms with Crippen LogP contribution in [0.5, 0.6) is 0 Å². The molecule has 18 heavy (non-hydrogen) atoms. The van der Waals surface area contributed by atoms with E-state index in [2.05, 4.69) is 22.9 Å². The molecule has 0 spiro atoms. The number of nitrogen functional groups attached to an aromatic ring is 1. The second kappa shape index (κ2) is 5.74. The number of nitrogens with two attached hydrogens (primary N) is 1. The molecule has 0 aliphatic carbocycles. The summed E-state index contributed by atoms with van der Waals surface area (Å²) in [6, 6.07) is 5.45. The number of nitrogens with zero attached hydrogens (tertiary/aromatic N) is 1. The molecule has 2 N–H and O–H groups in total. The first-order chi connectivity index (χ1) is 8.59. The highest BCUT2D eigenvalue weighted by atomic mass is 79.9. The first-order valence-electron chi connectivity index (χ1n) is 6.43. The maximum absolute atomic E-state index is 12.5. The van der Waals surface area contributed by atoms with Gasteiger partial charge in [0.25, 0.3) is 5.91 Å². The molecule has 1 aromatic rings. The van der Waals surface area contributed by atoms with Gasteiger partial charge in [0.2, 0.25) is 0 Å². The Labute approximate surface area is 116 Å². The predicted octanol–water partition coefficient (Wildman–Crippen LogP) is 3.29. The molecule has 1 heterocycles. The van der Waals surface area contributed by atoms with Crippen LogP contribution in [0.15, 0.2) is 22.7 Å². The standard InChI is InChI=1S/C14H19BrN2O/c1-10-4-3-8-17(9-7-10)14(18)11-5-2-6-12(16)13(11)15/h2,5-6,10H,3-4,7-9,16H2,1H3. The highest BCUT2D eigenvalue weighted by Gasteiger charge is 2.21. The molecule has 1 atom stereocenters. The second-order valence-corrected chi connectivity index (χ2v) is 5.83. The van der Waals surface area contributed by atoms with Crippen LogP contribution < -0.4 is 5.73 Å². The molecule has 4 heteroatoms. The molecule has 1 fully saturated rings. The van der Waals surface area contributed by atoms with E-state index in [0.717, 1.165) is 25.9 Å². The third kappa shape index (κ3) is 2.86. The lowest BCUT2D eigenvalue weighted by molar-refractivity contribution is 0.0759. The van der Waals surface area contributed by atoms with Gasteiger partial charge in [-0.15, -0.1) is 0 Å². The summed E-state index contributed by atoms with van der Waals surface area (Å²) in [5.41, 5.74) is 7.11. The average molecular weight is 311 g/mol. The van der Waals surface area contributed by atoms with E-state index in [-0.39, 0.29) is 5.91 Å². The minimum Gasteiger partial charge on any atom is -0.398 e. The number of carbonyl (C=O) groups is 1. The van der Waals surface area contributed by atoms with Crippen molar-refractivity contribution < 1.29 is 4.79 Å². The Morgan fingerprint density at radius 2 is 2.17 bits per heavy atom. The van der Waals surface area contributed by atoms with Crippen molar-refractivity contribution >= 4 is 27.5 Å². The number of rotatable bonds is 1. The lowest BCUT2D eigenvalue weighted by Crippen LogP contribution is -2.32. The number of benzene rings is 1. The van der Waals surface area contributed by atoms with Crippen LogP contribution in [0.3, 0.4) is 0 Å². The van der Waals surface area contributed by atoms with Crippen LogP contribution in [0.4, 0.5) is 5.69 Å². The molecule has 1 saturated heterocycles. The van der Waals surface area contributed by atoms with Gasteiger partial charge in [-0.25, -0.2) is 0 Å². The maximum Gasteiger partial charge on any atom is 0.255 e. The zero-order valence-electron chi connectivity index (χ0n) is 10.7. The molecule has 1 amide bonds. The summed E-state index contributed by atoms with van der Waals surface area (Å²) >= 11 is 3.41. The molecule has 1 aromatic carbocycles. The van der Waals surface area contributed by atoms with Gasteiger partial charge in [-0.05, 0) is 53.2 Å². The van der Waals surface area contributed by atoms with Gasteiger partial charge in [0.15, 0.2) is 0 Å². The zero-order valence-corrected chi connectivity index (χ0v) is 12.2. The Hall–Kier alpha value is -1.03. The molecular weight excluding hydrogens is 292 g/mol. The second-order valence-electron chi connectivity index (χ2n) is 5.04. The minimum absolute atomic E-state index is 0.0864. The van der Waals surface area contributed by atoms with Crippen molar-refractivity contribution in [3.63, 3.8) is 0 Å². The third-order valence-electron chi connectivity index (χ3n) is 3.56. The monoisotopic (exact) mass is 310 g/mol. The van der Waals surface area contributed by atoms with E-state index in [1.54, 1.807) is 6.07 Å². The molecule has 1 unspecified atom stereocenters. The smallest absolute Gasteiger partial charge is 0.255 e. The largest absolute Gasteiger partial charge is 0.398 e. The number of hydrogen-bond acceptors (Lipinski definition) is 2. The van der Waals surface area contributed by atoms with Gasteiger partial charge in [0, 0.05) is 18.8 Å². The van der Waals surface area contributed by atoms with E-state index in [9.17, 15) is 4.79 Å². The Morgan fingerprint density at radius 3 is 2.94 bits per heavy atom. The van der Waals surface area contributed by atoms with E-state index in [0.29, 0.717) is 21.6 Å². The number of carbonyl (C=O) groups excluding carboxylic acids is 1. The first kappa shape index (κ1) is 13.4. The molecular formula is C14H19BrN2O. The fourth-order valence-corrected chi connectivity index (χ4v) is 2.79. The van der Waals surface area contributed by atoms with Crippen LogP contribution in [0, 0.1) is 5.92 Å². The molecule has 0 saturated carbocycles. The van der Waals surface area contributed by atoms with Crippen molar-refractivity contribution in [2.75, 3.05) is 18.8 Å². The van der Waals surface area contributed by atoms with Gasteiger partial charge in [0.1, 0.15) is 0 Å². The van der Waals surface area contributed by atoms with Crippen molar-refractivity contribution in [1.29, 1.82) is 0 Å². The summed E-state index contributed by atoms with van der Waals surface area (Å²) in [4.78, 5) is 14.4. The van der Waals surface area contributed by atoms with Crippen LogP contribution in [0.1, 0.15) is 36.5 Å². The highest BCUT2D eigenvalue weighted by Crippen LogP contribution is 2.26. The summed E-state index contributed by atoms with van der Waals surface area (Å²) in [6.07, 6.45) is 3.39. The molecule has 0 aromatic heterocycles. The van der Waals surface area contributed by atoms with E-state index >= 15 is 0 Å². The van der Waals surface area contributed by atoms with Gasteiger partial charge in [-0.1, -0.05) is 13.0 Å². The SMILES string of the molecule is CC1CCCN(C(=O)c2cccc(N)c2Br)CC1. The van der Waals surface area contributed by atoms with Crippen molar-refractivity contribution in [2.45, 2.75) is 26.2 Å². The van der Waals surface area contributed by atoms with Crippen molar-refractivity contribution in [2.24, 2.45) is 5.92 Å². The van der Waals surface area contributed by atoms with E-state index in [1.165, 1.54) is 6.42 Å². The fourth-order valence-electron chi connectivity index (χ4n) is 2.35. The third-order valence-corrected chi connectivity index (χ3v) is 4.45. The summed E-state index contributed by atoms with van der Waals surface area (Å²) in [7, 11) is 0. The van der Waals surface area contributed by atoms with Crippen molar-refractivity contribution in [3.8, 4) is 0 Å². The lowest BCUT2D eigenvalue weighted by atomic mass is 10.0. The summed E-state index contributed by atoms with van der Waals surface area (Å²) in [6.45, 7) is 3.95. The molecule has 0 bridgehead atoms. The summed E-state index contributed by atoms with van der Waals surface area (Å²) < 4.78 is 0.715. The van der Waals surface area contributed by atoms with Gasteiger partial charge in [-0.2, -0.15) is 0 Å². The van der Waals surface area contributed by atoms with Crippen molar-refractivity contribution in [3.05, 3.63) is 28.2 Å². The minimum atomic E-state index is 0.0864. The van der Waals surface area contributed by atoms with Crippen molar-refractivity contribution in [1.82, 2.24) is 4.90 Å². The zero-order chi connectivity index (χ0) is 13.1.